The van der Waals surface area contributed by atoms with Crippen molar-refractivity contribution in [3.63, 3.8) is 0 Å². The lowest BCUT2D eigenvalue weighted by Gasteiger charge is -2.14. The minimum Gasteiger partial charge on any atom is -0.491 e. The molecule has 22 heavy (non-hydrogen) atoms. The smallest absolute Gasteiger partial charge is 0.315 e. The number of carbonyl (C=O) groups excluding carboxylic acids is 1. The van der Waals surface area contributed by atoms with Crippen LogP contribution in [0.3, 0.4) is 0 Å². The Bertz CT molecular complexity index is 480. The van der Waals surface area contributed by atoms with Crippen molar-refractivity contribution in [3.8, 4) is 5.75 Å². The van der Waals surface area contributed by atoms with E-state index >= 15 is 0 Å². The van der Waals surface area contributed by atoms with E-state index in [9.17, 15) is 14.3 Å². The van der Waals surface area contributed by atoms with Gasteiger partial charge in [-0.1, -0.05) is 19.9 Å². The average Bonchev–Trinajstić information content (AvgIpc) is 2.45. The molecule has 1 aromatic carbocycles. The van der Waals surface area contributed by atoms with Gasteiger partial charge in [-0.15, -0.1) is 0 Å². The summed E-state index contributed by atoms with van der Waals surface area (Å²) in [6.45, 7) is 6.59. The fourth-order valence-corrected chi connectivity index (χ4v) is 2.01. The zero-order valence-corrected chi connectivity index (χ0v) is 13.4. The molecule has 1 atom stereocenters. The topological polar surface area (TPSA) is 70.6 Å². The number of amides is 2. The summed E-state index contributed by atoms with van der Waals surface area (Å²) in [4.78, 5) is 11.6. The van der Waals surface area contributed by atoms with E-state index in [0.29, 0.717) is 24.5 Å². The molecule has 1 aromatic rings. The maximum atomic E-state index is 13.7. The fraction of sp³-hybridized carbons (Fsp3) is 0.562. The molecule has 5 nitrogen and oxygen atoms in total. The summed E-state index contributed by atoms with van der Waals surface area (Å²) >= 11 is 0. The second-order valence-corrected chi connectivity index (χ2v) is 5.54. The van der Waals surface area contributed by atoms with Crippen LogP contribution < -0.4 is 15.4 Å². The summed E-state index contributed by atoms with van der Waals surface area (Å²) in [5.41, 5.74) is 0.638. The number of ether oxygens (including phenoxy) is 1. The first kappa shape index (κ1) is 18.2. The van der Waals surface area contributed by atoms with Crippen LogP contribution in [0, 0.1) is 11.7 Å². The van der Waals surface area contributed by atoms with Gasteiger partial charge in [0, 0.05) is 13.1 Å². The Kier molecular flexibility index (Phi) is 7.66. The molecule has 0 heterocycles. The molecule has 3 N–H and O–H groups in total. The number of benzene rings is 1. The summed E-state index contributed by atoms with van der Waals surface area (Å²) in [5, 5.41) is 14.9. The average molecular weight is 312 g/mol. The molecule has 0 spiro atoms. The van der Waals surface area contributed by atoms with Gasteiger partial charge in [0.1, 0.15) is 0 Å². The van der Waals surface area contributed by atoms with Crippen molar-refractivity contribution in [3.05, 3.63) is 29.6 Å². The first-order valence-corrected chi connectivity index (χ1v) is 7.53. The zero-order valence-electron chi connectivity index (χ0n) is 13.4. The van der Waals surface area contributed by atoms with Crippen LogP contribution >= 0.6 is 0 Å². The lowest BCUT2D eigenvalue weighted by Crippen LogP contribution is -2.39. The van der Waals surface area contributed by atoms with Crippen molar-refractivity contribution >= 4 is 6.03 Å². The van der Waals surface area contributed by atoms with Gasteiger partial charge in [-0.3, -0.25) is 0 Å². The van der Waals surface area contributed by atoms with Crippen molar-refractivity contribution in [1.29, 1.82) is 0 Å². The number of carbonyl (C=O) groups is 1. The van der Waals surface area contributed by atoms with Gasteiger partial charge in [-0.25, -0.2) is 9.18 Å². The zero-order chi connectivity index (χ0) is 16.5. The predicted octanol–water partition coefficient (Wildman–Crippen LogP) is 2.43. The van der Waals surface area contributed by atoms with E-state index in [0.717, 1.165) is 0 Å². The van der Waals surface area contributed by atoms with E-state index in [1.165, 1.54) is 6.07 Å². The molecule has 0 saturated heterocycles. The largest absolute Gasteiger partial charge is 0.491 e. The Morgan fingerprint density at radius 1 is 1.36 bits per heavy atom. The number of halogens is 1. The van der Waals surface area contributed by atoms with Crippen LogP contribution in [-0.2, 0) is 6.54 Å². The molecular formula is C16H25FN2O3. The number of aliphatic hydroxyl groups excluding tert-OH is 1. The number of hydrogen-bond acceptors (Lipinski definition) is 3. The highest BCUT2D eigenvalue weighted by atomic mass is 19.1. The van der Waals surface area contributed by atoms with Gasteiger partial charge in [0.05, 0.1) is 12.7 Å². The van der Waals surface area contributed by atoms with Crippen LogP contribution in [0.15, 0.2) is 18.2 Å². The van der Waals surface area contributed by atoms with E-state index in [2.05, 4.69) is 10.6 Å². The van der Waals surface area contributed by atoms with Gasteiger partial charge in [0.15, 0.2) is 11.6 Å². The van der Waals surface area contributed by atoms with Crippen LogP contribution in [0.25, 0.3) is 0 Å². The number of rotatable bonds is 8. The van der Waals surface area contributed by atoms with Crippen LogP contribution in [-0.4, -0.2) is 30.4 Å². The monoisotopic (exact) mass is 312 g/mol. The SMILES string of the molecule is CCOc1ccc(CNC(=O)NCC(O)CC(C)C)cc1F. The molecular weight excluding hydrogens is 287 g/mol. The number of urea groups is 1. The highest BCUT2D eigenvalue weighted by Crippen LogP contribution is 2.18. The maximum Gasteiger partial charge on any atom is 0.315 e. The summed E-state index contributed by atoms with van der Waals surface area (Å²) in [6, 6.07) is 4.18. The van der Waals surface area contributed by atoms with Gasteiger partial charge in [-0.05, 0) is 37.0 Å². The lowest BCUT2D eigenvalue weighted by atomic mass is 10.1. The first-order chi connectivity index (χ1) is 10.4. The molecule has 0 aliphatic carbocycles. The lowest BCUT2D eigenvalue weighted by molar-refractivity contribution is 0.147. The third kappa shape index (κ3) is 6.76. The standard InChI is InChI=1S/C16H25FN2O3/c1-4-22-15-6-5-12(8-14(15)17)9-18-16(21)19-10-13(20)7-11(2)3/h5-6,8,11,13,20H,4,7,9-10H2,1-3H3,(H2,18,19,21). The molecule has 0 saturated carbocycles. The van der Waals surface area contributed by atoms with Crippen LogP contribution in [0.2, 0.25) is 0 Å². The van der Waals surface area contributed by atoms with Gasteiger partial charge in [-0.2, -0.15) is 0 Å². The predicted molar refractivity (Wildman–Crippen MR) is 83.3 cm³/mol. The molecule has 1 unspecified atom stereocenters. The van der Waals surface area contributed by atoms with Crippen molar-refractivity contribution in [2.45, 2.75) is 39.8 Å². The van der Waals surface area contributed by atoms with Gasteiger partial charge >= 0.3 is 6.03 Å². The summed E-state index contributed by atoms with van der Waals surface area (Å²) in [6.07, 6.45) is 0.0679. The Labute approximate surface area is 130 Å². The molecule has 1 rings (SSSR count). The minimum atomic E-state index is -0.561. The van der Waals surface area contributed by atoms with E-state index in [-0.39, 0.29) is 18.8 Å². The van der Waals surface area contributed by atoms with Crippen LogP contribution in [0.5, 0.6) is 5.75 Å². The van der Waals surface area contributed by atoms with Crippen molar-refractivity contribution in [2.24, 2.45) is 5.92 Å². The number of nitrogens with one attached hydrogen (secondary N) is 2. The molecule has 124 valence electrons. The van der Waals surface area contributed by atoms with Crippen molar-refractivity contribution in [1.82, 2.24) is 10.6 Å². The Balaban J connectivity index is 2.36. The van der Waals surface area contributed by atoms with Gasteiger partial charge in [0.2, 0.25) is 0 Å². The van der Waals surface area contributed by atoms with Gasteiger partial charge < -0.3 is 20.5 Å². The Hall–Kier alpha value is -1.82. The normalized spacial score (nSPS) is 12.1. The van der Waals surface area contributed by atoms with E-state index in [1.54, 1.807) is 19.1 Å². The molecule has 0 fully saturated rings. The van der Waals surface area contributed by atoms with Crippen molar-refractivity contribution in [2.75, 3.05) is 13.2 Å². The van der Waals surface area contributed by atoms with Crippen molar-refractivity contribution < 1.29 is 19.0 Å². The number of hydrogen-bond donors (Lipinski definition) is 3. The molecule has 6 heteroatoms. The quantitative estimate of drug-likeness (QED) is 0.690. The molecule has 2 amide bonds. The third-order valence-corrected chi connectivity index (χ3v) is 2.99. The second-order valence-electron chi connectivity index (χ2n) is 5.54. The fourth-order valence-electron chi connectivity index (χ4n) is 2.01. The third-order valence-electron chi connectivity index (χ3n) is 2.99. The molecule has 0 bridgehead atoms. The Morgan fingerprint density at radius 2 is 2.09 bits per heavy atom. The second kappa shape index (κ2) is 9.25. The van der Waals surface area contributed by atoms with Crippen LogP contribution in [0.4, 0.5) is 9.18 Å². The summed E-state index contributed by atoms with van der Waals surface area (Å²) in [7, 11) is 0. The highest BCUT2D eigenvalue weighted by molar-refractivity contribution is 5.73. The minimum absolute atomic E-state index is 0.196. The summed E-state index contributed by atoms with van der Waals surface area (Å²) < 4.78 is 18.8. The molecule has 0 aliphatic rings. The molecule has 0 radical (unpaired) electrons. The Morgan fingerprint density at radius 3 is 2.68 bits per heavy atom. The highest BCUT2D eigenvalue weighted by Gasteiger charge is 2.09. The van der Waals surface area contributed by atoms with E-state index in [4.69, 9.17) is 4.74 Å². The molecule has 0 aromatic heterocycles. The maximum absolute atomic E-state index is 13.7. The van der Waals surface area contributed by atoms with E-state index in [1.807, 2.05) is 13.8 Å². The van der Waals surface area contributed by atoms with Crippen LogP contribution in [0.1, 0.15) is 32.8 Å². The molecule has 0 aliphatic heterocycles. The van der Waals surface area contributed by atoms with Gasteiger partial charge in [0.25, 0.3) is 0 Å². The summed E-state index contributed by atoms with van der Waals surface area (Å²) in [5.74, 6) is 0.119. The van der Waals surface area contributed by atoms with E-state index < -0.39 is 18.0 Å². The first-order valence-electron chi connectivity index (χ1n) is 7.53. The number of aliphatic hydroxyl groups is 1.